The Bertz CT molecular complexity index is 432. The van der Waals surface area contributed by atoms with Crippen LogP contribution in [0, 0.1) is 11.8 Å². The molecule has 96 valence electrons. The lowest BCUT2D eigenvalue weighted by molar-refractivity contribution is -0.129. The number of phenolic OH excluding ortho intramolecular Hbond substituents is 1. The standard InChI is InChI=1S/C14H18N2O2/c17-13-3-1-10(2-4-13)5-14(18)16-8-11-6-15-7-12(11)9-16/h1-4,11-12,15,17H,5-9H2. The molecule has 1 amide bonds. The highest BCUT2D eigenvalue weighted by Crippen LogP contribution is 2.26. The molecule has 3 rings (SSSR count). The zero-order chi connectivity index (χ0) is 12.5. The molecule has 2 aliphatic heterocycles. The molecule has 2 aliphatic rings. The maximum atomic E-state index is 12.2. The molecule has 2 unspecified atom stereocenters. The van der Waals surface area contributed by atoms with E-state index in [1.807, 2.05) is 17.0 Å². The summed E-state index contributed by atoms with van der Waals surface area (Å²) in [6.45, 7) is 3.89. The fourth-order valence-electron chi connectivity index (χ4n) is 2.96. The van der Waals surface area contributed by atoms with Gasteiger partial charge in [0.2, 0.25) is 5.91 Å². The molecular formula is C14H18N2O2. The van der Waals surface area contributed by atoms with E-state index >= 15 is 0 Å². The molecule has 2 heterocycles. The summed E-state index contributed by atoms with van der Waals surface area (Å²) in [6.07, 6.45) is 0.438. The van der Waals surface area contributed by atoms with Crippen LogP contribution in [0.5, 0.6) is 5.75 Å². The molecule has 2 N–H and O–H groups in total. The number of carbonyl (C=O) groups is 1. The summed E-state index contributed by atoms with van der Waals surface area (Å²) in [6, 6.07) is 6.88. The average molecular weight is 246 g/mol. The van der Waals surface area contributed by atoms with E-state index in [9.17, 15) is 9.90 Å². The van der Waals surface area contributed by atoms with Gasteiger partial charge in [-0.1, -0.05) is 12.1 Å². The first-order chi connectivity index (χ1) is 8.72. The van der Waals surface area contributed by atoms with Crippen molar-refractivity contribution in [2.75, 3.05) is 26.2 Å². The first-order valence-electron chi connectivity index (χ1n) is 6.49. The molecule has 1 aromatic carbocycles. The Labute approximate surface area is 107 Å². The minimum Gasteiger partial charge on any atom is -0.508 e. The smallest absolute Gasteiger partial charge is 0.227 e. The second-order valence-corrected chi connectivity index (χ2v) is 5.32. The van der Waals surface area contributed by atoms with Gasteiger partial charge in [-0.15, -0.1) is 0 Å². The Morgan fingerprint density at radius 1 is 1.22 bits per heavy atom. The molecule has 0 spiro atoms. The summed E-state index contributed by atoms with van der Waals surface area (Å²) >= 11 is 0. The van der Waals surface area contributed by atoms with Gasteiger partial charge >= 0.3 is 0 Å². The fraction of sp³-hybridized carbons (Fsp3) is 0.500. The van der Waals surface area contributed by atoms with E-state index in [0.29, 0.717) is 18.3 Å². The minimum absolute atomic E-state index is 0.204. The summed E-state index contributed by atoms with van der Waals surface area (Å²) in [5.74, 6) is 1.74. The van der Waals surface area contributed by atoms with Crippen LogP contribution in [-0.4, -0.2) is 42.1 Å². The number of fused-ring (bicyclic) bond motifs is 1. The zero-order valence-electron chi connectivity index (χ0n) is 10.3. The number of aromatic hydroxyl groups is 1. The fourth-order valence-corrected chi connectivity index (χ4v) is 2.96. The molecule has 1 aromatic rings. The molecule has 4 nitrogen and oxygen atoms in total. The van der Waals surface area contributed by atoms with Crippen molar-refractivity contribution in [1.82, 2.24) is 10.2 Å². The predicted octanol–water partition coefficient (Wildman–Crippen LogP) is 0.612. The van der Waals surface area contributed by atoms with Crippen LogP contribution < -0.4 is 5.32 Å². The van der Waals surface area contributed by atoms with Crippen molar-refractivity contribution in [3.05, 3.63) is 29.8 Å². The van der Waals surface area contributed by atoms with Crippen LogP contribution in [-0.2, 0) is 11.2 Å². The summed E-state index contributed by atoms with van der Waals surface area (Å²) in [7, 11) is 0. The SMILES string of the molecule is O=C(Cc1ccc(O)cc1)N1CC2CNCC2C1. The van der Waals surface area contributed by atoms with E-state index in [-0.39, 0.29) is 11.7 Å². The first kappa shape index (κ1) is 11.5. The van der Waals surface area contributed by atoms with Gasteiger partial charge in [-0.05, 0) is 29.5 Å². The third-order valence-electron chi connectivity index (χ3n) is 4.03. The Kier molecular flexibility index (Phi) is 2.96. The van der Waals surface area contributed by atoms with E-state index in [2.05, 4.69) is 5.32 Å². The molecule has 0 bridgehead atoms. The van der Waals surface area contributed by atoms with Gasteiger partial charge in [-0.2, -0.15) is 0 Å². The first-order valence-corrected chi connectivity index (χ1v) is 6.49. The van der Waals surface area contributed by atoms with Gasteiger partial charge in [0.1, 0.15) is 5.75 Å². The van der Waals surface area contributed by atoms with Gasteiger partial charge < -0.3 is 15.3 Å². The van der Waals surface area contributed by atoms with E-state index in [0.717, 1.165) is 31.7 Å². The highest BCUT2D eigenvalue weighted by atomic mass is 16.3. The predicted molar refractivity (Wildman–Crippen MR) is 68.2 cm³/mol. The summed E-state index contributed by atoms with van der Waals surface area (Å²) in [4.78, 5) is 14.2. The molecule has 4 heteroatoms. The maximum absolute atomic E-state index is 12.2. The van der Waals surface area contributed by atoms with E-state index < -0.39 is 0 Å². The van der Waals surface area contributed by atoms with Gasteiger partial charge in [0.05, 0.1) is 6.42 Å². The number of nitrogens with zero attached hydrogens (tertiary/aromatic N) is 1. The van der Waals surface area contributed by atoms with E-state index in [1.165, 1.54) is 0 Å². The van der Waals surface area contributed by atoms with Crippen molar-refractivity contribution in [2.24, 2.45) is 11.8 Å². The lowest BCUT2D eigenvalue weighted by Gasteiger charge is -2.17. The number of likely N-dealkylation sites (tertiary alicyclic amines) is 1. The van der Waals surface area contributed by atoms with Gasteiger partial charge in [0, 0.05) is 26.2 Å². The molecule has 0 saturated carbocycles. The van der Waals surface area contributed by atoms with Gasteiger partial charge in [0.15, 0.2) is 0 Å². The van der Waals surface area contributed by atoms with Crippen LogP contribution in [0.25, 0.3) is 0 Å². The quantitative estimate of drug-likeness (QED) is 0.804. The largest absolute Gasteiger partial charge is 0.508 e. The van der Waals surface area contributed by atoms with Crippen molar-refractivity contribution in [3.8, 4) is 5.75 Å². The normalized spacial score (nSPS) is 26.3. The number of amides is 1. The van der Waals surface area contributed by atoms with Crippen LogP contribution >= 0.6 is 0 Å². The number of rotatable bonds is 2. The zero-order valence-corrected chi connectivity index (χ0v) is 10.3. The summed E-state index contributed by atoms with van der Waals surface area (Å²) in [5.41, 5.74) is 0.966. The molecule has 0 aliphatic carbocycles. The Hall–Kier alpha value is -1.55. The highest BCUT2D eigenvalue weighted by Gasteiger charge is 2.37. The number of hydrogen-bond donors (Lipinski definition) is 2. The summed E-state index contributed by atoms with van der Waals surface area (Å²) < 4.78 is 0. The van der Waals surface area contributed by atoms with Crippen LogP contribution in [0.3, 0.4) is 0 Å². The van der Waals surface area contributed by atoms with Gasteiger partial charge in [-0.3, -0.25) is 4.79 Å². The Balaban J connectivity index is 1.60. The van der Waals surface area contributed by atoms with Crippen LogP contribution in [0.2, 0.25) is 0 Å². The van der Waals surface area contributed by atoms with Crippen LogP contribution in [0.4, 0.5) is 0 Å². The lowest BCUT2D eigenvalue weighted by Crippen LogP contribution is -2.32. The number of carbonyl (C=O) groups excluding carboxylic acids is 1. The lowest BCUT2D eigenvalue weighted by atomic mass is 10.0. The molecule has 18 heavy (non-hydrogen) atoms. The molecule has 2 atom stereocenters. The van der Waals surface area contributed by atoms with Crippen molar-refractivity contribution < 1.29 is 9.90 Å². The topological polar surface area (TPSA) is 52.6 Å². The van der Waals surface area contributed by atoms with Gasteiger partial charge in [0.25, 0.3) is 0 Å². The average Bonchev–Trinajstić information content (AvgIpc) is 2.92. The highest BCUT2D eigenvalue weighted by molar-refractivity contribution is 5.79. The molecule has 2 saturated heterocycles. The summed E-state index contributed by atoms with van der Waals surface area (Å²) in [5, 5.41) is 12.6. The molecule has 2 fully saturated rings. The van der Waals surface area contributed by atoms with Crippen molar-refractivity contribution in [1.29, 1.82) is 0 Å². The number of benzene rings is 1. The Morgan fingerprint density at radius 3 is 2.44 bits per heavy atom. The molecular weight excluding hydrogens is 228 g/mol. The Morgan fingerprint density at radius 2 is 1.83 bits per heavy atom. The second-order valence-electron chi connectivity index (χ2n) is 5.32. The van der Waals surface area contributed by atoms with Gasteiger partial charge in [-0.25, -0.2) is 0 Å². The number of phenols is 1. The van der Waals surface area contributed by atoms with Crippen molar-refractivity contribution in [3.63, 3.8) is 0 Å². The second kappa shape index (κ2) is 4.61. The van der Waals surface area contributed by atoms with Crippen LogP contribution in [0.1, 0.15) is 5.56 Å². The maximum Gasteiger partial charge on any atom is 0.227 e. The monoisotopic (exact) mass is 246 g/mol. The third kappa shape index (κ3) is 2.20. The van der Waals surface area contributed by atoms with E-state index in [1.54, 1.807) is 12.1 Å². The number of nitrogens with one attached hydrogen (secondary N) is 1. The third-order valence-corrected chi connectivity index (χ3v) is 4.03. The van der Waals surface area contributed by atoms with E-state index in [4.69, 9.17) is 0 Å². The van der Waals surface area contributed by atoms with Crippen LogP contribution in [0.15, 0.2) is 24.3 Å². The molecule has 0 radical (unpaired) electrons. The minimum atomic E-state index is 0.204. The number of hydrogen-bond acceptors (Lipinski definition) is 3. The van der Waals surface area contributed by atoms with Crippen molar-refractivity contribution in [2.45, 2.75) is 6.42 Å². The molecule has 0 aromatic heterocycles. The van der Waals surface area contributed by atoms with Crippen molar-refractivity contribution >= 4 is 5.91 Å².